The molecule has 2 heterocycles. The van der Waals surface area contributed by atoms with E-state index in [0.29, 0.717) is 12.3 Å². The van der Waals surface area contributed by atoms with E-state index in [1.165, 1.54) is 0 Å². The van der Waals surface area contributed by atoms with Crippen LogP contribution in [0.4, 0.5) is 5.82 Å². The van der Waals surface area contributed by atoms with Crippen LogP contribution in [0.2, 0.25) is 0 Å². The van der Waals surface area contributed by atoms with Crippen molar-refractivity contribution in [2.24, 2.45) is 0 Å². The summed E-state index contributed by atoms with van der Waals surface area (Å²) in [4.78, 5) is 17.8. The van der Waals surface area contributed by atoms with Crippen molar-refractivity contribution in [1.82, 2.24) is 4.98 Å². The van der Waals surface area contributed by atoms with Gasteiger partial charge in [-0.2, -0.15) is 0 Å². The third-order valence-electron chi connectivity index (χ3n) is 2.70. The monoisotopic (exact) mass is 269 g/mol. The van der Waals surface area contributed by atoms with Crippen LogP contribution in [0.1, 0.15) is 44.7 Å². The van der Waals surface area contributed by atoms with E-state index in [4.69, 9.17) is 0 Å². The molecule has 0 saturated carbocycles. The summed E-state index contributed by atoms with van der Waals surface area (Å²) in [5.41, 5.74) is 1.05. The van der Waals surface area contributed by atoms with Gasteiger partial charge in [0.2, 0.25) is 5.91 Å². The predicted octanol–water partition coefficient (Wildman–Crippen LogP) is 0.380. The molecule has 3 nitrogen and oxygen atoms in total. The Bertz CT molecular complexity index is 393. The maximum atomic E-state index is 11.5. The minimum atomic E-state index is 0. The van der Waals surface area contributed by atoms with Crippen molar-refractivity contribution in [3.8, 4) is 0 Å². The minimum absolute atomic E-state index is 0. The SMILES string of the molecule is CC(C)c1cccc(N2CCCC2=O)n1.[CH2-]C[CH2-].[Na+]. The molecule has 1 amide bonds. The molecule has 0 radical (unpaired) electrons. The van der Waals surface area contributed by atoms with E-state index in [9.17, 15) is 4.79 Å². The van der Waals surface area contributed by atoms with Gasteiger partial charge < -0.3 is 20.3 Å². The second-order valence-electron chi connectivity index (χ2n) is 4.58. The van der Waals surface area contributed by atoms with E-state index >= 15 is 0 Å². The predicted molar refractivity (Wildman–Crippen MR) is 75.2 cm³/mol. The Morgan fingerprint density at radius 1 is 1.37 bits per heavy atom. The molecule has 2 rings (SSSR count). The third-order valence-corrected chi connectivity index (χ3v) is 2.70. The Balaban J connectivity index is 0.000000742. The maximum absolute atomic E-state index is 11.5. The summed E-state index contributed by atoms with van der Waals surface area (Å²) in [5, 5.41) is 0. The normalized spacial score (nSPS) is 13.9. The van der Waals surface area contributed by atoms with E-state index in [1.807, 2.05) is 18.2 Å². The molecule has 0 N–H and O–H groups in total. The first-order chi connectivity index (χ1) is 8.60. The quantitative estimate of drug-likeness (QED) is 0.574. The van der Waals surface area contributed by atoms with E-state index in [0.717, 1.165) is 30.9 Å². The molecule has 0 bridgehead atoms. The average molecular weight is 269 g/mol. The Morgan fingerprint density at radius 2 is 2.00 bits per heavy atom. The third kappa shape index (κ3) is 5.64. The topological polar surface area (TPSA) is 33.2 Å². The first-order valence-corrected chi connectivity index (χ1v) is 6.46. The zero-order valence-electron chi connectivity index (χ0n) is 12.4. The van der Waals surface area contributed by atoms with Gasteiger partial charge in [0.25, 0.3) is 0 Å². The Labute approximate surface area is 139 Å². The molecule has 0 unspecified atom stereocenters. The number of carbonyl (C=O) groups excluding carboxylic acids is 1. The van der Waals surface area contributed by atoms with Crippen molar-refractivity contribution in [1.29, 1.82) is 0 Å². The first-order valence-electron chi connectivity index (χ1n) is 6.46. The molecule has 1 aliphatic heterocycles. The molecule has 1 saturated heterocycles. The standard InChI is InChI=1S/C12H16N2O.C3H6.Na/c1-9(2)10-5-3-6-11(13-10)14-8-4-7-12(14)15;1-3-2;/h3,5-6,9H,4,7-8H2,1-2H3;1-3H2;/q;-2;+1. The Kier molecular flexibility index (Phi) is 9.32. The smallest absolute Gasteiger partial charge is 0.372 e. The molecule has 0 aliphatic carbocycles. The minimum Gasteiger partial charge on any atom is -0.372 e. The van der Waals surface area contributed by atoms with Crippen LogP contribution >= 0.6 is 0 Å². The van der Waals surface area contributed by atoms with Crippen LogP contribution in [0.3, 0.4) is 0 Å². The van der Waals surface area contributed by atoms with E-state index in [2.05, 4.69) is 32.7 Å². The molecule has 100 valence electrons. The molecule has 0 spiro atoms. The van der Waals surface area contributed by atoms with E-state index in [-0.39, 0.29) is 35.5 Å². The molecule has 1 aromatic rings. The Hall–Kier alpha value is -0.380. The number of aromatic nitrogens is 1. The molecule has 0 atom stereocenters. The first kappa shape index (κ1) is 18.6. The molecular weight excluding hydrogens is 247 g/mol. The van der Waals surface area contributed by atoms with E-state index in [1.54, 1.807) is 4.90 Å². The summed E-state index contributed by atoms with van der Waals surface area (Å²) in [6.45, 7) is 11.8. The van der Waals surface area contributed by atoms with Crippen molar-refractivity contribution < 1.29 is 34.4 Å². The number of pyridine rings is 1. The van der Waals surface area contributed by atoms with Gasteiger partial charge in [-0.3, -0.25) is 9.69 Å². The number of amides is 1. The van der Waals surface area contributed by atoms with Crippen molar-refractivity contribution in [2.45, 2.75) is 39.0 Å². The van der Waals surface area contributed by atoms with Crippen molar-refractivity contribution in [3.05, 3.63) is 37.7 Å². The zero-order valence-corrected chi connectivity index (χ0v) is 14.4. The molecule has 19 heavy (non-hydrogen) atoms. The fraction of sp³-hybridized carbons (Fsp3) is 0.467. The fourth-order valence-electron chi connectivity index (χ4n) is 1.80. The van der Waals surface area contributed by atoms with Crippen LogP contribution in [-0.4, -0.2) is 17.4 Å². The molecule has 1 aromatic heterocycles. The van der Waals surface area contributed by atoms with Crippen molar-refractivity contribution in [2.75, 3.05) is 11.4 Å². The zero-order chi connectivity index (χ0) is 13.5. The molecule has 1 fully saturated rings. The number of rotatable bonds is 2. The number of hydrogen-bond acceptors (Lipinski definition) is 2. The van der Waals surface area contributed by atoms with Gasteiger partial charge in [-0.15, -0.1) is 0 Å². The number of anilines is 1. The summed E-state index contributed by atoms with van der Waals surface area (Å²) in [7, 11) is 0. The van der Waals surface area contributed by atoms with Gasteiger partial charge in [-0.05, 0) is 24.5 Å². The number of nitrogens with zero attached hydrogens (tertiary/aromatic N) is 2. The van der Waals surface area contributed by atoms with Gasteiger partial charge in [0.15, 0.2) is 0 Å². The molecule has 1 aliphatic rings. The molecular formula is C15H22N2NaO-. The largest absolute Gasteiger partial charge is 1.00 e. The molecule has 4 heteroatoms. The van der Waals surface area contributed by atoms with Crippen LogP contribution in [0.5, 0.6) is 0 Å². The van der Waals surface area contributed by atoms with Gasteiger partial charge in [0, 0.05) is 18.7 Å². The van der Waals surface area contributed by atoms with Crippen molar-refractivity contribution in [3.63, 3.8) is 0 Å². The van der Waals surface area contributed by atoms with Crippen molar-refractivity contribution >= 4 is 11.7 Å². The van der Waals surface area contributed by atoms with Gasteiger partial charge in [-0.1, -0.05) is 19.9 Å². The Morgan fingerprint density at radius 3 is 2.47 bits per heavy atom. The molecule has 0 aromatic carbocycles. The number of hydrogen-bond donors (Lipinski definition) is 0. The van der Waals surface area contributed by atoms with Gasteiger partial charge in [0.05, 0.1) is 0 Å². The van der Waals surface area contributed by atoms with Crippen LogP contribution in [-0.2, 0) is 4.79 Å². The summed E-state index contributed by atoms with van der Waals surface area (Å²) in [5.74, 6) is 1.41. The summed E-state index contributed by atoms with van der Waals surface area (Å²) >= 11 is 0. The van der Waals surface area contributed by atoms with Crippen LogP contribution in [0.25, 0.3) is 0 Å². The van der Waals surface area contributed by atoms with Gasteiger partial charge in [0.1, 0.15) is 5.82 Å². The van der Waals surface area contributed by atoms with Crippen LogP contribution < -0.4 is 34.5 Å². The second-order valence-corrected chi connectivity index (χ2v) is 4.58. The fourth-order valence-corrected chi connectivity index (χ4v) is 1.80. The summed E-state index contributed by atoms with van der Waals surface area (Å²) in [6, 6.07) is 5.90. The van der Waals surface area contributed by atoms with Crippen LogP contribution in [0.15, 0.2) is 18.2 Å². The van der Waals surface area contributed by atoms with Crippen LogP contribution in [0, 0.1) is 13.8 Å². The van der Waals surface area contributed by atoms with Gasteiger partial charge in [-0.25, -0.2) is 4.98 Å². The van der Waals surface area contributed by atoms with Gasteiger partial charge >= 0.3 is 29.6 Å². The van der Waals surface area contributed by atoms with E-state index < -0.39 is 0 Å². The maximum Gasteiger partial charge on any atom is 1.00 e. The average Bonchev–Trinajstić information content (AvgIpc) is 2.77. The second kappa shape index (κ2) is 9.51. The number of carbonyl (C=O) groups is 1. The summed E-state index contributed by atoms with van der Waals surface area (Å²) in [6.07, 6.45) is 2.36. The summed E-state index contributed by atoms with van der Waals surface area (Å²) < 4.78 is 0.